The van der Waals surface area contributed by atoms with E-state index >= 15 is 0 Å². The molecule has 0 N–H and O–H groups in total. The van der Waals surface area contributed by atoms with Gasteiger partial charge in [-0.1, -0.05) is 6.07 Å². The molecule has 2 aliphatic carbocycles. The van der Waals surface area contributed by atoms with Crippen molar-refractivity contribution in [3.63, 3.8) is 0 Å². The summed E-state index contributed by atoms with van der Waals surface area (Å²) >= 11 is 0. The second-order valence-electron chi connectivity index (χ2n) is 6.25. The number of rotatable bonds is 1. The van der Waals surface area contributed by atoms with Crippen LogP contribution in [0.5, 0.6) is 5.75 Å². The molecule has 2 aliphatic rings. The average molecular weight is 349 g/mol. The van der Waals surface area contributed by atoms with Crippen LogP contribution < -0.4 is 4.74 Å². The number of Topliss-reactive ketones (excluding diaryl/α,β-unsaturated/α-hetero) is 2. The molecule has 0 atom stereocenters. The van der Waals surface area contributed by atoms with E-state index in [4.69, 9.17) is 10.00 Å². The lowest BCUT2D eigenvalue weighted by Gasteiger charge is -2.13. The highest BCUT2D eigenvalue weighted by Crippen LogP contribution is 2.22. The van der Waals surface area contributed by atoms with Gasteiger partial charge >= 0.3 is 0 Å². The number of hydrogen-bond donors (Lipinski definition) is 0. The molecule has 2 aromatic heterocycles. The Bertz CT molecular complexity index is 900. The summed E-state index contributed by atoms with van der Waals surface area (Å²) in [7, 11) is 1.61. The van der Waals surface area contributed by atoms with Crippen molar-refractivity contribution < 1.29 is 14.3 Å². The topological polar surface area (TPSA) is 92.9 Å². The van der Waals surface area contributed by atoms with Gasteiger partial charge in [-0.25, -0.2) is 9.97 Å². The lowest BCUT2D eigenvalue weighted by molar-refractivity contribution is 0.0959. The smallest absolute Gasteiger partial charge is 0.181 e. The number of hydrogen-bond acceptors (Lipinski definition) is 6. The molecule has 6 nitrogen and oxygen atoms in total. The maximum Gasteiger partial charge on any atom is 0.181 e. The molecule has 0 aliphatic heterocycles. The van der Waals surface area contributed by atoms with Gasteiger partial charge in [-0.05, 0) is 48.9 Å². The molecule has 6 heteroatoms. The highest BCUT2D eigenvalue weighted by molar-refractivity contribution is 5.97. The largest absolute Gasteiger partial charge is 0.495 e. The molecule has 2 heterocycles. The Morgan fingerprint density at radius 1 is 1.00 bits per heavy atom. The van der Waals surface area contributed by atoms with Gasteiger partial charge in [0.05, 0.1) is 13.3 Å². The quantitative estimate of drug-likeness (QED) is 0.785. The maximum atomic E-state index is 11.4. The normalized spacial score (nSPS) is 15.1. The zero-order valence-electron chi connectivity index (χ0n) is 14.6. The van der Waals surface area contributed by atoms with Gasteiger partial charge in [0, 0.05) is 12.8 Å². The van der Waals surface area contributed by atoms with E-state index in [0.717, 1.165) is 42.6 Å². The molecule has 0 spiro atoms. The molecule has 0 unspecified atom stereocenters. The molecular formula is C20H19N3O3. The summed E-state index contributed by atoms with van der Waals surface area (Å²) < 4.78 is 5.04. The predicted molar refractivity (Wildman–Crippen MR) is 94.3 cm³/mol. The van der Waals surface area contributed by atoms with Crippen LogP contribution in [-0.2, 0) is 12.8 Å². The van der Waals surface area contributed by atoms with Gasteiger partial charge in [0.15, 0.2) is 11.6 Å². The zero-order valence-corrected chi connectivity index (χ0v) is 14.6. The third-order valence-corrected chi connectivity index (χ3v) is 4.50. The van der Waals surface area contributed by atoms with Crippen LogP contribution in [0.4, 0.5) is 0 Å². The highest BCUT2D eigenvalue weighted by Gasteiger charge is 2.19. The molecule has 26 heavy (non-hydrogen) atoms. The molecule has 0 amide bonds. The SMILES string of the molecule is COc1cnc2c(c1)CCCC2=O.N#Cc1ccc2c(n1)C(=O)CCC2. The van der Waals surface area contributed by atoms with E-state index in [1.165, 1.54) is 0 Å². The number of nitrogens with zero attached hydrogens (tertiary/aromatic N) is 3. The summed E-state index contributed by atoms with van der Waals surface area (Å²) in [5.74, 6) is 0.954. The lowest BCUT2D eigenvalue weighted by Crippen LogP contribution is -2.13. The summed E-state index contributed by atoms with van der Waals surface area (Å²) in [6.45, 7) is 0. The van der Waals surface area contributed by atoms with Gasteiger partial charge in [0.2, 0.25) is 0 Å². The average Bonchev–Trinajstić information content (AvgIpc) is 2.68. The van der Waals surface area contributed by atoms with Crippen molar-refractivity contribution in [1.29, 1.82) is 5.26 Å². The van der Waals surface area contributed by atoms with Gasteiger partial charge in [-0.3, -0.25) is 9.59 Å². The number of ether oxygens (including phenoxy) is 1. The van der Waals surface area contributed by atoms with Crippen molar-refractivity contribution in [3.05, 3.63) is 52.6 Å². The Kier molecular flexibility index (Phi) is 5.37. The first-order valence-corrected chi connectivity index (χ1v) is 8.61. The first-order chi connectivity index (χ1) is 12.6. The Balaban J connectivity index is 0.000000151. The minimum absolute atomic E-state index is 0.0679. The number of ketones is 2. The van der Waals surface area contributed by atoms with Crippen molar-refractivity contribution >= 4 is 11.6 Å². The lowest BCUT2D eigenvalue weighted by atomic mass is 9.95. The van der Waals surface area contributed by atoms with Crippen LogP contribution in [0.1, 0.15) is 63.5 Å². The van der Waals surface area contributed by atoms with E-state index in [1.54, 1.807) is 19.4 Å². The summed E-state index contributed by atoms with van der Waals surface area (Å²) in [4.78, 5) is 30.9. The number of aromatic nitrogens is 2. The number of fused-ring (bicyclic) bond motifs is 2. The van der Waals surface area contributed by atoms with Crippen LogP contribution in [-0.4, -0.2) is 28.6 Å². The first kappa shape index (κ1) is 17.7. The molecular weight excluding hydrogens is 330 g/mol. The second kappa shape index (κ2) is 7.87. The number of methoxy groups -OCH3 is 1. The maximum absolute atomic E-state index is 11.4. The monoisotopic (exact) mass is 349 g/mol. The van der Waals surface area contributed by atoms with E-state index in [9.17, 15) is 9.59 Å². The van der Waals surface area contributed by atoms with E-state index in [2.05, 4.69) is 9.97 Å². The number of aryl methyl sites for hydroxylation is 2. The highest BCUT2D eigenvalue weighted by atomic mass is 16.5. The minimum atomic E-state index is 0.0679. The standard InChI is InChI=1S/C10H8N2O.C10H11NO2/c11-6-8-5-4-7-2-1-3-9(13)10(7)12-8;1-13-8-5-7-3-2-4-9(12)10(7)11-6-8/h4-5H,1-3H2;5-6H,2-4H2,1H3. The van der Waals surface area contributed by atoms with Gasteiger partial charge in [-0.2, -0.15) is 5.26 Å². The van der Waals surface area contributed by atoms with Crippen LogP contribution >= 0.6 is 0 Å². The Morgan fingerprint density at radius 3 is 2.38 bits per heavy atom. The number of nitriles is 1. The molecule has 132 valence electrons. The fourth-order valence-electron chi connectivity index (χ4n) is 3.15. The molecule has 0 saturated carbocycles. The summed E-state index contributed by atoms with van der Waals surface area (Å²) in [5, 5.41) is 8.60. The first-order valence-electron chi connectivity index (χ1n) is 8.61. The number of carbonyl (C=O) groups is 2. The summed E-state index contributed by atoms with van der Waals surface area (Å²) in [6.07, 6.45) is 6.47. The molecule has 0 saturated heterocycles. The van der Waals surface area contributed by atoms with Gasteiger partial charge in [-0.15, -0.1) is 0 Å². The van der Waals surface area contributed by atoms with Gasteiger partial charge in [0.25, 0.3) is 0 Å². The van der Waals surface area contributed by atoms with Gasteiger partial charge < -0.3 is 4.74 Å². The molecule has 0 aromatic carbocycles. The molecule has 0 fully saturated rings. The fourth-order valence-corrected chi connectivity index (χ4v) is 3.15. The van der Waals surface area contributed by atoms with E-state index in [1.807, 2.05) is 18.2 Å². The van der Waals surface area contributed by atoms with Crippen LogP contribution in [0.25, 0.3) is 0 Å². The van der Waals surface area contributed by atoms with Crippen LogP contribution in [0.2, 0.25) is 0 Å². The Hall–Kier alpha value is -3.07. The second-order valence-corrected chi connectivity index (χ2v) is 6.25. The van der Waals surface area contributed by atoms with E-state index in [0.29, 0.717) is 29.9 Å². The Morgan fingerprint density at radius 2 is 1.69 bits per heavy atom. The molecule has 2 aromatic rings. The number of carbonyl (C=O) groups excluding carboxylic acids is 2. The third kappa shape index (κ3) is 3.77. The Labute approximate surface area is 151 Å². The third-order valence-electron chi connectivity index (χ3n) is 4.50. The van der Waals surface area contributed by atoms with Gasteiger partial charge in [0.1, 0.15) is 28.9 Å². The van der Waals surface area contributed by atoms with E-state index in [-0.39, 0.29) is 11.6 Å². The summed E-state index contributed by atoms with van der Waals surface area (Å²) in [5.41, 5.74) is 3.47. The van der Waals surface area contributed by atoms with Crippen molar-refractivity contribution in [2.45, 2.75) is 38.5 Å². The molecule has 4 rings (SSSR count). The van der Waals surface area contributed by atoms with Crippen molar-refractivity contribution in [1.82, 2.24) is 9.97 Å². The molecule has 0 radical (unpaired) electrons. The van der Waals surface area contributed by atoms with Crippen LogP contribution in [0.15, 0.2) is 24.4 Å². The number of pyridine rings is 2. The predicted octanol–water partition coefficient (Wildman–Crippen LogP) is 3.08. The van der Waals surface area contributed by atoms with E-state index < -0.39 is 0 Å². The van der Waals surface area contributed by atoms with Crippen molar-refractivity contribution in [2.24, 2.45) is 0 Å². The minimum Gasteiger partial charge on any atom is -0.495 e. The van der Waals surface area contributed by atoms with Crippen LogP contribution in [0.3, 0.4) is 0 Å². The van der Waals surface area contributed by atoms with Crippen molar-refractivity contribution in [2.75, 3.05) is 7.11 Å². The zero-order chi connectivity index (χ0) is 18.5. The van der Waals surface area contributed by atoms with Crippen molar-refractivity contribution in [3.8, 4) is 11.8 Å². The molecule has 0 bridgehead atoms. The fraction of sp³-hybridized carbons (Fsp3) is 0.350. The summed E-state index contributed by atoms with van der Waals surface area (Å²) in [6, 6.07) is 7.33. The van der Waals surface area contributed by atoms with Crippen LogP contribution in [0, 0.1) is 11.3 Å².